The predicted octanol–water partition coefficient (Wildman–Crippen LogP) is -1.48. The van der Waals surface area contributed by atoms with E-state index in [2.05, 4.69) is 4.90 Å². The van der Waals surface area contributed by atoms with E-state index < -0.39 is 18.1 Å². The molecule has 0 aromatic heterocycles. The third kappa shape index (κ3) is 3.67. The van der Waals surface area contributed by atoms with Crippen molar-refractivity contribution < 1.29 is 29.0 Å². The van der Waals surface area contributed by atoms with Crippen LogP contribution in [-0.2, 0) is 19.1 Å². The topological polar surface area (TPSA) is 111 Å². The van der Waals surface area contributed by atoms with Crippen LogP contribution in [0.15, 0.2) is 11.3 Å². The van der Waals surface area contributed by atoms with Gasteiger partial charge in [-0.15, -0.1) is 0 Å². The van der Waals surface area contributed by atoms with Crippen molar-refractivity contribution in [2.75, 3.05) is 46.4 Å². The fourth-order valence-corrected chi connectivity index (χ4v) is 4.72. The molecule has 10 nitrogen and oxygen atoms in total. The van der Waals surface area contributed by atoms with Crippen LogP contribution < -0.4 is 0 Å². The van der Waals surface area contributed by atoms with Gasteiger partial charge in [0.15, 0.2) is 0 Å². The molecule has 29 heavy (non-hydrogen) atoms. The third-order valence-electron chi connectivity index (χ3n) is 6.18. The van der Waals surface area contributed by atoms with Gasteiger partial charge in [0.05, 0.1) is 6.04 Å². The van der Waals surface area contributed by atoms with Gasteiger partial charge in [0, 0.05) is 45.6 Å². The number of β-lactam (4-membered cyclic amide) rings is 1. The number of likely N-dealkylation sites (N-methyl/N-ethyl adjacent to an activating group) is 1. The van der Waals surface area contributed by atoms with Gasteiger partial charge >= 0.3 is 41.6 Å². The molecule has 4 heterocycles. The van der Waals surface area contributed by atoms with Gasteiger partial charge < -0.3 is 24.5 Å². The minimum absolute atomic E-state index is 0. The van der Waals surface area contributed by atoms with Gasteiger partial charge in [0.25, 0.3) is 5.91 Å². The number of ether oxygens (including phenoxy) is 1. The van der Waals surface area contributed by atoms with Crippen molar-refractivity contribution in [3.05, 3.63) is 11.3 Å². The molecule has 154 valence electrons. The predicted molar refractivity (Wildman–Crippen MR) is 102 cm³/mol. The Kier molecular flexibility index (Phi) is 6.28. The van der Waals surface area contributed by atoms with Gasteiger partial charge in [-0.2, -0.15) is 0 Å². The van der Waals surface area contributed by atoms with Crippen molar-refractivity contribution in [2.24, 2.45) is 5.92 Å². The Bertz CT molecular complexity index is 778. The first-order valence-electron chi connectivity index (χ1n) is 9.45. The van der Waals surface area contributed by atoms with Gasteiger partial charge in [-0.1, -0.05) is 0 Å². The monoisotopic (exact) mass is 416 g/mol. The molecule has 0 aliphatic carbocycles. The second-order valence-corrected chi connectivity index (χ2v) is 7.88. The summed E-state index contributed by atoms with van der Waals surface area (Å²) in [5.41, 5.74) is 0.326. The Balaban J connectivity index is 0.00000240. The first kappa shape index (κ1) is 22.1. The standard InChI is InChI=1S/C18H24N4O6.Na.H/c1-10(23)21-8-11-7-12(9-28-18(27)20-5-3-19(2)4-6-20)14(17(25)26)22-13(11)15(21)16(22)24;;/h11,13,15H,3-9H2,1-2H3,(H,25,26);;/t11-,13-,15+;;/m1../s1. The Labute approximate surface area is 190 Å². The molecule has 3 fully saturated rings. The molecule has 0 saturated carbocycles. The van der Waals surface area contributed by atoms with Crippen molar-refractivity contribution in [1.82, 2.24) is 19.6 Å². The summed E-state index contributed by atoms with van der Waals surface area (Å²) in [5.74, 6) is -1.81. The molecule has 3 amide bonds. The second-order valence-electron chi connectivity index (χ2n) is 7.88. The number of rotatable bonds is 3. The maximum absolute atomic E-state index is 12.6. The fraction of sp³-hybridized carbons (Fsp3) is 0.667. The summed E-state index contributed by atoms with van der Waals surface area (Å²) in [7, 11) is 1.98. The number of likely N-dealkylation sites (tertiary alicyclic amines) is 1. The van der Waals surface area contributed by atoms with Crippen LogP contribution >= 0.6 is 0 Å². The first-order chi connectivity index (χ1) is 13.3. The normalized spacial score (nSPS) is 28.6. The number of carbonyl (C=O) groups is 4. The number of carbonyl (C=O) groups excluding carboxylic acids is 3. The van der Waals surface area contributed by atoms with E-state index in [4.69, 9.17) is 4.74 Å². The summed E-state index contributed by atoms with van der Waals surface area (Å²) in [6, 6.07) is -0.856. The summed E-state index contributed by atoms with van der Waals surface area (Å²) in [6.45, 7) is 4.30. The van der Waals surface area contributed by atoms with Gasteiger partial charge in [-0.25, -0.2) is 9.59 Å². The molecule has 3 saturated heterocycles. The molecule has 3 atom stereocenters. The van der Waals surface area contributed by atoms with Gasteiger partial charge in [-0.3, -0.25) is 14.5 Å². The zero-order valence-electron chi connectivity index (χ0n) is 16.0. The SMILES string of the molecule is CC(=O)N1C[C@H]2CC(COC(=O)N3CCN(C)CC3)=C(C(=O)O)N3C(=O)[C@@H]1[C@@H]23.[NaH]. The summed E-state index contributed by atoms with van der Waals surface area (Å²) in [5, 5.41) is 9.67. The first-order valence-corrected chi connectivity index (χ1v) is 9.45. The van der Waals surface area contributed by atoms with E-state index in [1.165, 1.54) is 16.7 Å². The number of aliphatic carboxylic acids is 1. The molecule has 0 bridgehead atoms. The van der Waals surface area contributed by atoms with Crippen molar-refractivity contribution in [2.45, 2.75) is 25.4 Å². The van der Waals surface area contributed by atoms with Crippen LogP contribution in [0.3, 0.4) is 0 Å². The van der Waals surface area contributed by atoms with Crippen molar-refractivity contribution in [3.63, 3.8) is 0 Å². The summed E-state index contributed by atoms with van der Waals surface area (Å²) in [6.07, 6.45) is -0.0797. The van der Waals surface area contributed by atoms with Crippen LogP contribution in [0.1, 0.15) is 13.3 Å². The summed E-state index contributed by atoms with van der Waals surface area (Å²) >= 11 is 0. The van der Waals surface area contributed by atoms with Crippen molar-refractivity contribution in [3.8, 4) is 0 Å². The van der Waals surface area contributed by atoms with E-state index in [0.29, 0.717) is 31.6 Å². The molecule has 1 N–H and O–H groups in total. The molecule has 0 radical (unpaired) electrons. The number of carboxylic acids is 1. The molecule has 0 aromatic carbocycles. The molecule has 4 aliphatic rings. The fourth-order valence-electron chi connectivity index (χ4n) is 4.72. The number of amides is 3. The Morgan fingerprint density at radius 3 is 2.41 bits per heavy atom. The Morgan fingerprint density at radius 1 is 1.17 bits per heavy atom. The van der Waals surface area contributed by atoms with E-state index in [0.717, 1.165) is 13.1 Å². The van der Waals surface area contributed by atoms with Gasteiger partial charge in [-0.05, 0) is 19.0 Å². The number of hydrogen-bond donors (Lipinski definition) is 1. The summed E-state index contributed by atoms with van der Waals surface area (Å²) in [4.78, 5) is 55.1. The van der Waals surface area contributed by atoms with Crippen LogP contribution in [0.25, 0.3) is 0 Å². The molecule has 4 rings (SSSR count). The van der Waals surface area contributed by atoms with Crippen LogP contribution in [0.4, 0.5) is 4.79 Å². The molecule has 11 heteroatoms. The second kappa shape index (κ2) is 8.25. The quantitative estimate of drug-likeness (QED) is 0.441. The average Bonchev–Trinajstić information content (AvgIpc) is 3.02. The maximum atomic E-state index is 12.6. The molecule has 0 unspecified atom stereocenters. The number of carboxylic acid groups (broad SMARTS) is 1. The van der Waals surface area contributed by atoms with Gasteiger partial charge in [0.1, 0.15) is 18.3 Å². The van der Waals surface area contributed by atoms with Crippen molar-refractivity contribution >= 4 is 53.4 Å². The zero-order chi connectivity index (χ0) is 20.2. The van der Waals surface area contributed by atoms with Gasteiger partial charge in [0.2, 0.25) is 5.91 Å². The van der Waals surface area contributed by atoms with Crippen LogP contribution in [-0.4, -0.2) is 137 Å². The van der Waals surface area contributed by atoms with Crippen molar-refractivity contribution in [1.29, 1.82) is 0 Å². The molecule has 0 aromatic rings. The number of nitrogens with zero attached hydrogens (tertiary/aromatic N) is 4. The molecule has 4 aliphatic heterocycles. The molecular weight excluding hydrogens is 391 g/mol. The van der Waals surface area contributed by atoms with E-state index in [1.54, 1.807) is 4.90 Å². The van der Waals surface area contributed by atoms with E-state index >= 15 is 0 Å². The Morgan fingerprint density at radius 2 is 1.83 bits per heavy atom. The van der Waals surface area contributed by atoms with E-state index in [1.807, 2.05) is 7.05 Å². The van der Waals surface area contributed by atoms with Crippen LogP contribution in [0, 0.1) is 5.92 Å². The minimum atomic E-state index is -1.21. The van der Waals surface area contributed by atoms with E-state index in [9.17, 15) is 24.3 Å². The number of piperazine rings is 1. The number of hydrogen-bond acceptors (Lipinski definition) is 6. The average molecular weight is 416 g/mol. The molecule has 0 spiro atoms. The van der Waals surface area contributed by atoms with E-state index in [-0.39, 0.29) is 65.6 Å². The van der Waals surface area contributed by atoms with Crippen LogP contribution in [0.2, 0.25) is 0 Å². The Hall–Kier alpha value is -1.62. The van der Waals surface area contributed by atoms with Crippen LogP contribution in [0.5, 0.6) is 0 Å². The molecular formula is C18H25N4NaO6. The summed E-state index contributed by atoms with van der Waals surface area (Å²) < 4.78 is 5.39. The third-order valence-corrected chi connectivity index (χ3v) is 6.18. The zero-order valence-corrected chi connectivity index (χ0v) is 16.0.